The van der Waals surface area contributed by atoms with Gasteiger partial charge in [0.15, 0.2) is 0 Å². The second-order valence-corrected chi connectivity index (χ2v) is 7.45. The first-order valence-corrected chi connectivity index (χ1v) is 9.29. The minimum atomic E-state index is 0.578. The highest BCUT2D eigenvalue weighted by atomic mass is 32.2. The quantitative estimate of drug-likeness (QED) is 0.670. The van der Waals surface area contributed by atoms with E-state index in [0.717, 1.165) is 5.92 Å². The summed E-state index contributed by atoms with van der Waals surface area (Å²) in [5.74, 6) is 1.95. The smallest absolute Gasteiger partial charge is 0.0143 e. The van der Waals surface area contributed by atoms with Crippen molar-refractivity contribution in [3.05, 3.63) is 71.3 Å². The molecule has 2 N–H and O–H groups in total. The fourth-order valence-electron chi connectivity index (χ4n) is 2.50. The van der Waals surface area contributed by atoms with Crippen LogP contribution in [-0.4, -0.2) is 12.3 Å². The fourth-order valence-corrected chi connectivity index (χ4v) is 3.65. The summed E-state index contributed by atoms with van der Waals surface area (Å²) in [5, 5.41) is 0. The molecular weight excluding hydrogens is 298 g/mol. The molecule has 0 amide bonds. The number of rotatable bonds is 7. The molecule has 0 saturated carbocycles. The molecule has 0 aliphatic carbocycles. The van der Waals surface area contributed by atoms with Crippen LogP contribution in [0.2, 0.25) is 0 Å². The SMILES string of the molecule is CC(CN)=C(c1ccccc1)c1ccc(SCCC(C)C)cc1. The minimum Gasteiger partial charge on any atom is -0.327 e. The molecule has 23 heavy (non-hydrogen) atoms. The van der Waals surface area contributed by atoms with E-state index >= 15 is 0 Å². The molecule has 0 atom stereocenters. The molecule has 0 fully saturated rings. The van der Waals surface area contributed by atoms with Crippen LogP contribution in [0.25, 0.3) is 5.57 Å². The van der Waals surface area contributed by atoms with Crippen molar-refractivity contribution < 1.29 is 0 Å². The highest BCUT2D eigenvalue weighted by Gasteiger charge is 2.08. The van der Waals surface area contributed by atoms with Gasteiger partial charge in [-0.05, 0) is 53.8 Å². The highest BCUT2D eigenvalue weighted by molar-refractivity contribution is 7.99. The minimum absolute atomic E-state index is 0.578. The first kappa shape index (κ1) is 17.8. The van der Waals surface area contributed by atoms with Crippen LogP contribution < -0.4 is 5.73 Å². The lowest BCUT2D eigenvalue weighted by molar-refractivity contribution is 0.632. The van der Waals surface area contributed by atoms with E-state index in [2.05, 4.69) is 69.3 Å². The Kier molecular flexibility index (Phi) is 6.94. The largest absolute Gasteiger partial charge is 0.327 e. The number of thioether (sulfide) groups is 1. The van der Waals surface area contributed by atoms with Gasteiger partial charge in [0.05, 0.1) is 0 Å². The molecule has 2 rings (SSSR count). The van der Waals surface area contributed by atoms with Crippen molar-refractivity contribution in [1.82, 2.24) is 0 Å². The summed E-state index contributed by atoms with van der Waals surface area (Å²) in [6.07, 6.45) is 1.26. The first-order valence-electron chi connectivity index (χ1n) is 8.30. The average Bonchev–Trinajstić information content (AvgIpc) is 2.57. The summed E-state index contributed by atoms with van der Waals surface area (Å²) in [5.41, 5.74) is 10.9. The molecular formula is C21H27NS. The predicted molar refractivity (Wildman–Crippen MR) is 104 cm³/mol. The lowest BCUT2D eigenvalue weighted by Crippen LogP contribution is -2.04. The van der Waals surface area contributed by atoms with E-state index < -0.39 is 0 Å². The van der Waals surface area contributed by atoms with Gasteiger partial charge in [0.2, 0.25) is 0 Å². The van der Waals surface area contributed by atoms with E-state index in [1.165, 1.54) is 39.3 Å². The van der Waals surface area contributed by atoms with Gasteiger partial charge in [-0.3, -0.25) is 0 Å². The third-order valence-corrected chi connectivity index (χ3v) is 4.95. The average molecular weight is 326 g/mol. The lowest BCUT2D eigenvalue weighted by Gasteiger charge is -2.13. The van der Waals surface area contributed by atoms with Crippen molar-refractivity contribution in [1.29, 1.82) is 0 Å². The van der Waals surface area contributed by atoms with Crippen molar-refractivity contribution in [3.63, 3.8) is 0 Å². The van der Waals surface area contributed by atoms with E-state index in [0.29, 0.717) is 6.54 Å². The van der Waals surface area contributed by atoms with Crippen LogP contribution in [0.5, 0.6) is 0 Å². The molecule has 122 valence electrons. The molecule has 0 heterocycles. The zero-order valence-corrected chi connectivity index (χ0v) is 15.2. The van der Waals surface area contributed by atoms with Gasteiger partial charge >= 0.3 is 0 Å². The second kappa shape index (κ2) is 8.95. The van der Waals surface area contributed by atoms with Crippen molar-refractivity contribution in [2.24, 2.45) is 11.7 Å². The molecule has 0 aliphatic heterocycles. The van der Waals surface area contributed by atoms with Crippen LogP contribution in [0.15, 0.2) is 65.1 Å². The van der Waals surface area contributed by atoms with Crippen molar-refractivity contribution in [3.8, 4) is 0 Å². The maximum Gasteiger partial charge on any atom is 0.0143 e. The summed E-state index contributed by atoms with van der Waals surface area (Å²) in [4.78, 5) is 1.34. The van der Waals surface area contributed by atoms with Gasteiger partial charge in [-0.1, -0.05) is 61.9 Å². The van der Waals surface area contributed by atoms with E-state index in [9.17, 15) is 0 Å². The summed E-state index contributed by atoms with van der Waals surface area (Å²) in [6.45, 7) is 7.25. The van der Waals surface area contributed by atoms with Crippen molar-refractivity contribution in [2.45, 2.75) is 32.1 Å². The number of benzene rings is 2. The summed E-state index contributed by atoms with van der Waals surface area (Å²) < 4.78 is 0. The summed E-state index contributed by atoms with van der Waals surface area (Å²) >= 11 is 1.94. The summed E-state index contributed by atoms with van der Waals surface area (Å²) in [6, 6.07) is 19.4. The molecule has 2 aromatic rings. The van der Waals surface area contributed by atoms with E-state index in [-0.39, 0.29) is 0 Å². The van der Waals surface area contributed by atoms with Gasteiger partial charge in [0.25, 0.3) is 0 Å². The molecule has 0 bridgehead atoms. The molecule has 0 aromatic heterocycles. The van der Waals surface area contributed by atoms with Crippen LogP contribution in [0.4, 0.5) is 0 Å². The monoisotopic (exact) mass is 325 g/mol. The van der Waals surface area contributed by atoms with E-state index in [4.69, 9.17) is 5.73 Å². The van der Waals surface area contributed by atoms with E-state index in [1.54, 1.807) is 0 Å². The van der Waals surface area contributed by atoms with Gasteiger partial charge in [-0.25, -0.2) is 0 Å². The summed E-state index contributed by atoms with van der Waals surface area (Å²) in [7, 11) is 0. The van der Waals surface area contributed by atoms with E-state index in [1.807, 2.05) is 17.8 Å². The molecule has 0 radical (unpaired) electrons. The van der Waals surface area contributed by atoms with Crippen LogP contribution in [0, 0.1) is 5.92 Å². The lowest BCUT2D eigenvalue weighted by atomic mass is 9.94. The topological polar surface area (TPSA) is 26.0 Å². The predicted octanol–water partition coefficient (Wildman–Crippen LogP) is 5.61. The van der Waals surface area contributed by atoms with Crippen LogP contribution in [0.1, 0.15) is 38.3 Å². The number of hydrogen-bond donors (Lipinski definition) is 1. The fraction of sp³-hybridized carbons (Fsp3) is 0.333. The molecule has 2 heteroatoms. The van der Waals surface area contributed by atoms with Crippen molar-refractivity contribution in [2.75, 3.05) is 12.3 Å². The molecule has 0 aliphatic rings. The van der Waals surface area contributed by atoms with Crippen LogP contribution in [0.3, 0.4) is 0 Å². The maximum atomic E-state index is 5.91. The van der Waals surface area contributed by atoms with Crippen LogP contribution >= 0.6 is 11.8 Å². The van der Waals surface area contributed by atoms with Gasteiger partial charge in [-0.15, -0.1) is 11.8 Å². The maximum absolute atomic E-state index is 5.91. The van der Waals surface area contributed by atoms with Crippen LogP contribution in [-0.2, 0) is 0 Å². The van der Waals surface area contributed by atoms with Gasteiger partial charge < -0.3 is 5.73 Å². The Labute approximate surface area is 145 Å². The molecule has 1 nitrogen and oxygen atoms in total. The Morgan fingerprint density at radius 1 is 0.957 bits per heavy atom. The highest BCUT2D eigenvalue weighted by Crippen LogP contribution is 2.29. The Bertz CT molecular complexity index is 627. The Morgan fingerprint density at radius 3 is 2.13 bits per heavy atom. The first-order chi connectivity index (χ1) is 11.1. The Balaban J connectivity index is 2.21. The molecule has 0 unspecified atom stereocenters. The number of hydrogen-bond acceptors (Lipinski definition) is 2. The third-order valence-electron chi connectivity index (χ3n) is 3.90. The second-order valence-electron chi connectivity index (χ2n) is 6.28. The zero-order valence-electron chi connectivity index (χ0n) is 14.4. The molecule has 2 aromatic carbocycles. The van der Waals surface area contributed by atoms with Gasteiger partial charge in [0, 0.05) is 11.4 Å². The Hall–Kier alpha value is -1.51. The molecule has 0 saturated heterocycles. The zero-order chi connectivity index (χ0) is 16.7. The normalized spacial score (nSPS) is 12.4. The third kappa shape index (κ3) is 5.26. The number of nitrogens with two attached hydrogens (primary N) is 1. The standard InChI is InChI=1S/C21H27NS/c1-16(2)13-14-23-20-11-9-19(10-12-20)21(17(3)15-22)18-7-5-4-6-8-18/h4-12,16H,13-15,22H2,1-3H3. The Morgan fingerprint density at radius 2 is 1.57 bits per heavy atom. The molecule has 0 spiro atoms. The van der Waals surface area contributed by atoms with Crippen molar-refractivity contribution >= 4 is 17.3 Å². The van der Waals surface area contributed by atoms with Gasteiger partial charge in [-0.2, -0.15) is 0 Å². The van der Waals surface area contributed by atoms with Gasteiger partial charge in [0.1, 0.15) is 0 Å².